The number of methoxy groups -OCH3 is 1. The molecule has 1 aromatic carbocycles. The molecule has 0 saturated heterocycles. The molecule has 1 N–H and O–H groups in total. The summed E-state index contributed by atoms with van der Waals surface area (Å²) in [6.45, 7) is 0. The number of rotatable bonds is 5. The van der Waals surface area contributed by atoms with E-state index in [4.69, 9.17) is 9.26 Å². The maximum atomic E-state index is 12.7. The average molecular weight is 274 g/mol. The Morgan fingerprint density at radius 1 is 1.17 bits per heavy atom. The van der Waals surface area contributed by atoms with Crippen LogP contribution in [0.1, 0.15) is 0 Å². The van der Waals surface area contributed by atoms with Gasteiger partial charge in [-0.15, -0.1) is 0 Å². The van der Waals surface area contributed by atoms with Gasteiger partial charge in [0.05, 0.1) is 7.11 Å². The molecule has 7 heteroatoms. The van der Waals surface area contributed by atoms with Crippen molar-refractivity contribution in [3.05, 3.63) is 18.2 Å². The van der Waals surface area contributed by atoms with Gasteiger partial charge in [0.25, 0.3) is 0 Å². The minimum Gasteiger partial charge on any atom is -0.504 e. The number of para-hydroxylation sites is 1. The molecule has 0 amide bonds. The van der Waals surface area contributed by atoms with E-state index >= 15 is 0 Å². The molecule has 6 nitrogen and oxygen atoms in total. The first-order valence-electron chi connectivity index (χ1n) is 5.34. The predicted molar refractivity (Wildman–Crippen MR) is 70.3 cm³/mol. The van der Waals surface area contributed by atoms with Crippen LogP contribution < -0.4 is 9.26 Å². The summed E-state index contributed by atoms with van der Waals surface area (Å²) in [5, 5.41) is 9.79. The van der Waals surface area contributed by atoms with Crippen LogP contribution in [0.25, 0.3) is 0 Å². The maximum absolute atomic E-state index is 12.7. The van der Waals surface area contributed by atoms with Crippen LogP contribution in [0.3, 0.4) is 0 Å². The second-order valence-corrected chi connectivity index (χ2v) is 6.85. The molecule has 0 aliphatic heterocycles. The van der Waals surface area contributed by atoms with E-state index < -0.39 is 7.67 Å². The fourth-order valence-electron chi connectivity index (χ4n) is 1.40. The third kappa shape index (κ3) is 2.77. The number of ether oxygens (including phenoxy) is 1. The Morgan fingerprint density at radius 2 is 1.72 bits per heavy atom. The lowest BCUT2D eigenvalue weighted by Gasteiger charge is -2.30. The normalized spacial score (nSPS) is 11.9. The Labute approximate surface area is 107 Å². The second kappa shape index (κ2) is 5.61. The van der Waals surface area contributed by atoms with E-state index in [0.29, 0.717) is 5.75 Å². The summed E-state index contributed by atoms with van der Waals surface area (Å²) in [6, 6.07) is 4.70. The number of phenols is 1. The molecule has 0 spiro atoms. The Hall–Kier alpha value is -1.23. The third-order valence-corrected chi connectivity index (χ3v) is 4.84. The van der Waals surface area contributed by atoms with Gasteiger partial charge in [0.15, 0.2) is 11.5 Å². The Bertz CT molecular complexity index is 450. The van der Waals surface area contributed by atoms with Crippen molar-refractivity contribution < 1.29 is 18.9 Å². The first kappa shape index (κ1) is 14.8. The van der Waals surface area contributed by atoms with Crippen LogP contribution in [0.5, 0.6) is 17.2 Å². The summed E-state index contributed by atoms with van der Waals surface area (Å²) >= 11 is 0. The van der Waals surface area contributed by atoms with Gasteiger partial charge >= 0.3 is 7.67 Å². The zero-order valence-electron chi connectivity index (χ0n) is 11.2. The SMILES string of the molecule is COc1cccc(O)c1OP(=O)(N(C)C)N(C)C. The molecular weight excluding hydrogens is 255 g/mol. The molecule has 18 heavy (non-hydrogen) atoms. The highest BCUT2D eigenvalue weighted by Gasteiger charge is 2.33. The van der Waals surface area contributed by atoms with Gasteiger partial charge in [-0.1, -0.05) is 6.07 Å². The summed E-state index contributed by atoms with van der Waals surface area (Å²) in [5.41, 5.74) is 0. The molecule has 0 saturated carbocycles. The van der Waals surface area contributed by atoms with E-state index in [1.807, 2.05) is 0 Å². The van der Waals surface area contributed by atoms with Crippen molar-refractivity contribution in [3.63, 3.8) is 0 Å². The van der Waals surface area contributed by atoms with E-state index in [-0.39, 0.29) is 11.5 Å². The van der Waals surface area contributed by atoms with Crippen LogP contribution in [-0.4, -0.2) is 49.7 Å². The van der Waals surface area contributed by atoms with Gasteiger partial charge in [0.1, 0.15) is 0 Å². The summed E-state index contributed by atoms with van der Waals surface area (Å²) < 4.78 is 26.2. The molecule has 0 bridgehead atoms. The maximum Gasteiger partial charge on any atom is 0.394 e. The van der Waals surface area contributed by atoms with Crippen LogP contribution in [0.15, 0.2) is 18.2 Å². The lowest BCUT2D eigenvalue weighted by molar-refractivity contribution is 0.326. The fourth-order valence-corrected chi connectivity index (χ4v) is 2.86. The van der Waals surface area contributed by atoms with Crippen molar-refractivity contribution in [1.82, 2.24) is 9.34 Å². The van der Waals surface area contributed by atoms with Gasteiger partial charge in [-0.3, -0.25) is 0 Å². The molecule has 1 aromatic rings. The van der Waals surface area contributed by atoms with E-state index in [9.17, 15) is 9.67 Å². The number of aromatic hydroxyl groups is 1. The summed E-state index contributed by atoms with van der Waals surface area (Å²) in [7, 11) is 4.81. The van der Waals surface area contributed by atoms with E-state index in [0.717, 1.165) is 0 Å². The smallest absolute Gasteiger partial charge is 0.394 e. The quantitative estimate of drug-likeness (QED) is 0.829. The van der Waals surface area contributed by atoms with E-state index in [2.05, 4.69) is 0 Å². The van der Waals surface area contributed by atoms with Crippen molar-refractivity contribution in [3.8, 4) is 17.2 Å². The molecule has 102 valence electrons. The van der Waals surface area contributed by atoms with Crippen LogP contribution in [0.4, 0.5) is 0 Å². The number of nitrogens with zero attached hydrogens (tertiary/aromatic N) is 2. The largest absolute Gasteiger partial charge is 0.504 e. The highest BCUT2D eigenvalue weighted by Crippen LogP contribution is 2.54. The first-order valence-corrected chi connectivity index (χ1v) is 6.87. The van der Waals surface area contributed by atoms with Crippen molar-refractivity contribution in [1.29, 1.82) is 0 Å². The average Bonchev–Trinajstić information content (AvgIpc) is 2.30. The Balaban J connectivity index is 3.21. The van der Waals surface area contributed by atoms with Gasteiger partial charge in [-0.2, -0.15) is 0 Å². The lowest BCUT2D eigenvalue weighted by Crippen LogP contribution is -2.24. The molecule has 0 aliphatic carbocycles. The Morgan fingerprint density at radius 3 is 2.17 bits per heavy atom. The predicted octanol–water partition coefficient (Wildman–Crippen LogP) is 2.01. The summed E-state index contributed by atoms with van der Waals surface area (Å²) in [4.78, 5) is 0. The molecule has 1 rings (SSSR count). The minimum atomic E-state index is -3.23. The lowest BCUT2D eigenvalue weighted by atomic mass is 10.3. The standard InChI is InChI=1S/C11H19N2O4P/c1-12(2)18(15,13(3)4)17-11-9(14)7-6-8-10(11)16-5/h6-8,14H,1-5H3. The minimum absolute atomic E-state index is 0.0748. The van der Waals surface area contributed by atoms with Gasteiger partial charge in [0, 0.05) is 0 Å². The van der Waals surface area contributed by atoms with Crippen LogP contribution in [0.2, 0.25) is 0 Å². The second-order valence-electron chi connectivity index (χ2n) is 4.08. The number of hydrogen-bond acceptors (Lipinski definition) is 4. The van der Waals surface area contributed by atoms with Crippen molar-refractivity contribution in [2.75, 3.05) is 35.3 Å². The molecule has 0 aliphatic rings. The highest BCUT2D eigenvalue weighted by molar-refractivity contribution is 7.54. The molecule has 0 heterocycles. The molecule has 0 unspecified atom stereocenters. The zero-order valence-corrected chi connectivity index (χ0v) is 12.1. The fraction of sp³-hybridized carbons (Fsp3) is 0.455. The zero-order chi connectivity index (χ0) is 13.9. The summed E-state index contributed by atoms with van der Waals surface area (Å²) in [5.74, 6) is 0.294. The number of benzene rings is 1. The topological polar surface area (TPSA) is 62.2 Å². The van der Waals surface area contributed by atoms with E-state index in [1.54, 1.807) is 40.3 Å². The molecule has 0 aromatic heterocycles. The van der Waals surface area contributed by atoms with Gasteiger partial charge in [-0.25, -0.2) is 13.9 Å². The summed E-state index contributed by atoms with van der Waals surface area (Å²) in [6.07, 6.45) is 0. The first-order chi connectivity index (χ1) is 8.32. The monoisotopic (exact) mass is 274 g/mol. The van der Waals surface area contributed by atoms with Crippen LogP contribution in [-0.2, 0) is 4.57 Å². The Kier molecular flexibility index (Phi) is 4.62. The molecule has 0 radical (unpaired) electrons. The van der Waals surface area contributed by atoms with Crippen LogP contribution >= 0.6 is 7.67 Å². The van der Waals surface area contributed by atoms with Crippen molar-refractivity contribution in [2.45, 2.75) is 0 Å². The van der Waals surface area contributed by atoms with Gasteiger partial charge in [0.2, 0.25) is 5.75 Å². The number of hydrogen-bond donors (Lipinski definition) is 1. The molecular formula is C11H19N2O4P. The van der Waals surface area contributed by atoms with Gasteiger partial charge < -0.3 is 14.4 Å². The van der Waals surface area contributed by atoms with E-state index in [1.165, 1.54) is 22.5 Å². The number of phenolic OH excluding ortho intramolecular Hbond substituents is 1. The third-order valence-electron chi connectivity index (χ3n) is 2.40. The van der Waals surface area contributed by atoms with Gasteiger partial charge in [-0.05, 0) is 40.3 Å². The van der Waals surface area contributed by atoms with Crippen molar-refractivity contribution in [2.24, 2.45) is 0 Å². The molecule has 0 atom stereocenters. The molecule has 0 fully saturated rings. The van der Waals surface area contributed by atoms with Crippen molar-refractivity contribution >= 4 is 7.67 Å². The van der Waals surface area contributed by atoms with Crippen LogP contribution in [0, 0.1) is 0 Å². The highest BCUT2D eigenvalue weighted by atomic mass is 31.2.